The topological polar surface area (TPSA) is 12.0 Å². The fraction of sp³-hybridized carbons (Fsp3) is 0.600. The number of rotatable bonds is 6. The first-order valence-electron chi connectivity index (χ1n) is 6.51. The highest BCUT2D eigenvalue weighted by Gasteiger charge is 2.08. The van der Waals surface area contributed by atoms with Crippen molar-refractivity contribution in [1.29, 1.82) is 0 Å². The average Bonchev–Trinajstić information content (AvgIpc) is 2.30. The predicted molar refractivity (Wildman–Crippen MR) is 71.5 cm³/mol. The van der Waals surface area contributed by atoms with E-state index in [0.29, 0.717) is 12.6 Å². The van der Waals surface area contributed by atoms with Crippen LogP contribution >= 0.6 is 0 Å². The summed E-state index contributed by atoms with van der Waals surface area (Å²) in [6.45, 7) is 9.24. The first kappa shape index (κ1) is 14.2. The predicted octanol–water partition coefficient (Wildman–Crippen LogP) is 4.05. The van der Waals surface area contributed by atoms with E-state index in [2.05, 4.69) is 26.1 Å². The summed E-state index contributed by atoms with van der Waals surface area (Å²) in [5.41, 5.74) is 1.87. The van der Waals surface area contributed by atoms with E-state index >= 15 is 0 Å². The fourth-order valence-corrected chi connectivity index (χ4v) is 1.98. The van der Waals surface area contributed by atoms with Crippen LogP contribution in [0, 0.1) is 18.7 Å². The summed E-state index contributed by atoms with van der Waals surface area (Å²) in [6.07, 6.45) is 2.34. The molecule has 0 amide bonds. The van der Waals surface area contributed by atoms with Crippen molar-refractivity contribution in [3.05, 3.63) is 35.1 Å². The highest BCUT2D eigenvalue weighted by molar-refractivity contribution is 5.23. The van der Waals surface area contributed by atoms with Gasteiger partial charge in [-0.25, -0.2) is 4.39 Å². The maximum atomic E-state index is 13.5. The number of nitrogens with one attached hydrogen (secondary N) is 1. The van der Waals surface area contributed by atoms with Crippen LogP contribution in [0.2, 0.25) is 0 Å². The van der Waals surface area contributed by atoms with Crippen molar-refractivity contribution in [3.8, 4) is 0 Å². The molecule has 0 bridgehead atoms. The minimum atomic E-state index is -0.112. The van der Waals surface area contributed by atoms with Crippen molar-refractivity contribution in [2.24, 2.45) is 5.92 Å². The zero-order valence-electron chi connectivity index (χ0n) is 11.4. The molecule has 2 atom stereocenters. The van der Waals surface area contributed by atoms with Crippen LogP contribution in [0.15, 0.2) is 18.2 Å². The van der Waals surface area contributed by atoms with Crippen molar-refractivity contribution in [3.63, 3.8) is 0 Å². The molecule has 0 aliphatic heterocycles. The molecule has 1 aromatic rings. The van der Waals surface area contributed by atoms with Gasteiger partial charge in [-0.3, -0.25) is 0 Å². The minimum absolute atomic E-state index is 0.112. The Kier molecular flexibility index (Phi) is 5.63. The molecule has 0 spiro atoms. The maximum absolute atomic E-state index is 13.5. The Balaban J connectivity index is 2.47. The van der Waals surface area contributed by atoms with Gasteiger partial charge >= 0.3 is 0 Å². The molecule has 1 rings (SSSR count). The van der Waals surface area contributed by atoms with Gasteiger partial charge in [0.2, 0.25) is 0 Å². The number of aryl methyl sites for hydroxylation is 1. The van der Waals surface area contributed by atoms with Gasteiger partial charge in [0.15, 0.2) is 0 Å². The number of halogens is 1. The lowest BCUT2D eigenvalue weighted by atomic mass is 10.00. The van der Waals surface area contributed by atoms with Crippen molar-refractivity contribution < 1.29 is 4.39 Å². The van der Waals surface area contributed by atoms with E-state index in [1.807, 2.05) is 13.0 Å². The lowest BCUT2D eigenvalue weighted by Crippen LogP contribution is -2.27. The molecule has 17 heavy (non-hydrogen) atoms. The van der Waals surface area contributed by atoms with Crippen LogP contribution in [-0.4, -0.2) is 6.04 Å². The third-order valence-electron chi connectivity index (χ3n) is 3.30. The third-order valence-corrected chi connectivity index (χ3v) is 3.30. The second kappa shape index (κ2) is 6.75. The Morgan fingerprint density at radius 3 is 2.65 bits per heavy atom. The normalized spacial score (nSPS) is 14.6. The Bertz CT molecular complexity index is 349. The molecule has 96 valence electrons. The highest BCUT2D eigenvalue weighted by atomic mass is 19.1. The zero-order valence-corrected chi connectivity index (χ0v) is 11.4. The Morgan fingerprint density at radius 1 is 1.29 bits per heavy atom. The molecule has 0 aliphatic carbocycles. The van der Waals surface area contributed by atoms with Crippen LogP contribution in [0.5, 0.6) is 0 Å². The second-order valence-corrected chi connectivity index (χ2v) is 5.13. The van der Waals surface area contributed by atoms with Gasteiger partial charge in [-0.05, 0) is 32.3 Å². The maximum Gasteiger partial charge on any atom is 0.127 e. The molecule has 0 saturated carbocycles. The van der Waals surface area contributed by atoms with Gasteiger partial charge in [0.25, 0.3) is 0 Å². The number of hydrogen-bond donors (Lipinski definition) is 1. The van der Waals surface area contributed by atoms with Gasteiger partial charge < -0.3 is 5.32 Å². The molecular formula is C15H24FN. The first-order valence-corrected chi connectivity index (χ1v) is 6.51. The fourth-order valence-electron chi connectivity index (χ4n) is 1.98. The van der Waals surface area contributed by atoms with E-state index in [0.717, 1.165) is 23.5 Å². The Labute approximate surface area is 104 Å². The standard InChI is InChI=1S/C15H24FN/c1-5-11(2)8-13(4)17-10-14-9-12(3)6-7-15(14)16/h6-7,9,11,13,17H,5,8,10H2,1-4H3. The molecule has 0 heterocycles. The molecule has 0 radical (unpaired) electrons. The summed E-state index contributed by atoms with van der Waals surface area (Å²) in [6, 6.07) is 5.70. The summed E-state index contributed by atoms with van der Waals surface area (Å²) in [5, 5.41) is 3.39. The molecule has 1 N–H and O–H groups in total. The van der Waals surface area contributed by atoms with Gasteiger partial charge in [-0.1, -0.05) is 38.0 Å². The van der Waals surface area contributed by atoms with Gasteiger partial charge in [-0.2, -0.15) is 0 Å². The minimum Gasteiger partial charge on any atom is -0.310 e. The van der Waals surface area contributed by atoms with Crippen LogP contribution < -0.4 is 5.32 Å². The summed E-state index contributed by atoms with van der Waals surface area (Å²) in [4.78, 5) is 0. The van der Waals surface area contributed by atoms with E-state index in [1.54, 1.807) is 12.1 Å². The second-order valence-electron chi connectivity index (χ2n) is 5.13. The number of benzene rings is 1. The van der Waals surface area contributed by atoms with Crippen molar-refractivity contribution in [2.45, 2.75) is 53.1 Å². The summed E-state index contributed by atoms with van der Waals surface area (Å²) in [5.74, 6) is 0.610. The molecule has 0 saturated heterocycles. The lowest BCUT2D eigenvalue weighted by molar-refractivity contribution is 0.409. The Morgan fingerprint density at radius 2 is 2.00 bits per heavy atom. The van der Waals surface area contributed by atoms with Crippen molar-refractivity contribution >= 4 is 0 Å². The smallest absolute Gasteiger partial charge is 0.127 e. The molecule has 1 aromatic carbocycles. The average molecular weight is 237 g/mol. The first-order chi connectivity index (χ1) is 8.02. The van der Waals surface area contributed by atoms with Gasteiger partial charge in [0.05, 0.1) is 0 Å². The molecule has 0 aliphatic rings. The van der Waals surface area contributed by atoms with Crippen LogP contribution in [0.25, 0.3) is 0 Å². The monoisotopic (exact) mass is 237 g/mol. The van der Waals surface area contributed by atoms with Crippen LogP contribution in [-0.2, 0) is 6.54 Å². The molecule has 2 heteroatoms. The summed E-state index contributed by atoms with van der Waals surface area (Å²) in [7, 11) is 0. The van der Waals surface area contributed by atoms with Crippen LogP contribution in [0.1, 0.15) is 44.7 Å². The summed E-state index contributed by atoms with van der Waals surface area (Å²) >= 11 is 0. The van der Waals surface area contributed by atoms with E-state index in [9.17, 15) is 4.39 Å². The van der Waals surface area contributed by atoms with Gasteiger partial charge in [-0.15, -0.1) is 0 Å². The van der Waals surface area contributed by atoms with Crippen molar-refractivity contribution in [1.82, 2.24) is 5.32 Å². The molecule has 0 aromatic heterocycles. The van der Waals surface area contributed by atoms with E-state index in [1.165, 1.54) is 6.42 Å². The third kappa shape index (κ3) is 4.86. The largest absolute Gasteiger partial charge is 0.310 e. The number of hydrogen-bond acceptors (Lipinski definition) is 1. The van der Waals surface area contributed by atoms with Crippen molar-refractivity contribution in [2.75, 3.05) is 0 Å². The molecule has 0 fully saturated rings. The van der Waals surface area contributed by atoms with Gasteiger partial charge in [0, 0.05) is 18.2 Å². The highest BCUT2D eigenvalue weighted by Crippen LogP contribution is 2.12. The van der Waals surface area contributed by atoms with E-state index in [4.69, 9.17) is 0 Å². The van der Waals surface area contributed by atoms with Gasteiger partial charge in [0.1, 0.15) is 5.82 Å². The quantitative estimate of drug-likeness (QED) is 0.787. The van der Waals surface area contributed by atoms with E-state index in [-0.39, 0.29) is 5.82 Å². The van der Waals surface area contributed by atoms with Crippen LogP contribution in [0.4, 0.5) is 4.39 Å². The lowest BCUT2D eigenvalue weighted by Gasteiger charge is -2.17. The molecule has 2 unspecified atom stereocenters. The zero-order chi connectivity index (χ0) is 12.8. The SMILES string of the molecule is CCC(C)CC(C)NCc1cc(C)ccc1F. The Hall–Kier alpha value is -0.890. The molecular weight excluding hydrogens is 213 g/mol. The van der Waals surface area contributed by atoms with Crippen LogP contribution in [0.3, 0.4) is 0 Å². The summed E-state index contributed by atoms with van der Waals surface area (Å²) < 4.78 is 13.5. The molecule has 1 nitrogen and oxygen atoms in total. The van der Waals surface area contributed by atoms with E-state index < -0.39 is 0 Å².